The van der Waals surface area contributed by atoms with Crippen LogP contribution in [0.1, 0.15) is 55.6 Å². The van der Waals surface area contributed by atoms with Crippen molar-refractivity contribution in [2.45, 2.75) is 54.4 Å². The molecule has 0 saturated heterocycles. The highest BCUT2D eigenvalue weighted by Crippen LogP contribution is 2.30. The lowest BCUT2D eigenvalue weighted by Gasteiger charge is -2.14. The molecule has 0 amide bonds. The van der Waals surface area contributed by atoms with Crippen LogP contribution in [0.2, 0.25) is 0 Å². The third kappa shape index (κ3) is 3.77. The molecule has 0 spiro atoms. The van der Waals surface area contributed by atoms with Gasteiger partial charge in [0.2, 0.25) is 0 Å². The Kier molecular flexibility index (Phi) is 5.51. The minimum atomic E-state index is 0.409. The second kappa shape index (κ2) is 7.71. The van der Waals surface area contributed by atoms with E-state index in [0.29, 0.717) is 11.5 Å². The van der Waals surface area contributed by atoms with Crippen LogP contribution in [0, 0.1) is 41.5 Å². The summed E-state index contributed by atoms with van der Waals surface area (Å²) in [7, 11) is 0. The first-order chi connectivity index (χ1) is 13.2. The van der Waals surface area contributed by atoms with E-state index in [-0.39, 0.29) is 0 Å². The number of hydrogen-bond donors (Lipinski definition) is 2. The number of hydrogen-bond acceptors (Lipinski definition) is 2. The van der Waals surface area contributed by atoms with Crippen molar-refractivity contribution in [3.8, 4) is 11.5 Å². The fraction of sp³-hybridized carbons (Fsp3) is 0.308. The van der Waals surface area contributed by atoms with E-state index in [1.54, 1.807) is 0 Å². The van der Waals surface area contributed by atoms with Gasteiger partial charge in [0.15, 0.2) is 0 Å². The van der Waals surface area contributed by atoms with Gasteiger partial charge in [-0.15, -0.1) is 0 Å². The summed E-state index contributed by atoms with van der Waals surface area (Å²) in [6.07, 6.45) is 1.73. The van der Waals surface area contributed by atoms with Gasteiger partial charge in [-0.25, -0.2) is 0 Å². The van der Waals surface area contributed by atoms with Crippen molar-refractivity contribution in [3.63, 3.8) is 0 Å². The van der Waals surface area contributed by atoms with Gasteiger partial charge in [-0.3, -0.25) is 0 Å². The molecule has 0 radical (unpaired) electrons. The molecule has 146 valence electrons. The maximum atomic E-state index is 10.1. The lowest BCUT2D eigenvalue weighted by Crippen LogP contribution is -1.98. The molecule has 0 fully saturated rings. The summed E-state index contributed by atoms with van der Waals surface area (Å²) in [5, 5.41) is 20.2. The molecular weight excluding hydrogens is 344 g/mol. The van der Waals surface area contributed by atoms with Crippen molar-refractivity contribution in [2.75, 3.05) is 0 Å². The molecule has 0 heterocycles. The molecule has 3 rings (SSSR count). The maximum absolute atomic E-state index is 10.1. The molecule has 0 aromatic heterocycles. The van der Waals surface area contributed by atoms with Gasteiger partial charge in [-0.05, 0) is 110 Å². The molecule has 2 heteroatoms. The summed E-state index contributed by atoms with van der Waals surface area (Å²) >= 11 is 0. The standard InChI is InChI=1S/C26H30O2/c1-15-11-23(17(3)19(5)25(15)27)13-21-7-9-22(10-8-21)14-24-12-16(2)26(28)20(6)18(24)4/h7-12,27-28H,13-14H2,1-6H3. The topological polar surface area (TPSA) is 40.5 Å². The average Bonchev–Trinajstić information content (AvgIpc) is 2.68. The van der Waals surface area contributed by atoms with Crippen LogP contribution in [0.15, 0.2) is 36.4 Å². The maximum Gasteiger partial charge on any atom is 0.121 e. The number of phenols is 2. The van der Waals surface area contributed by atoms with Gasteiger partial charge in [-0.2, -0.15) is 0 Å². The Bertz CT molecular complexity index is 943. The zero-order valence-electron chi connectivity index (χ0n) is 17.8. The molecule has 2 N–H and O–H groups in total. The first-order valence-electron chi connectivity index (χ1n) is 9.84. The molecule has 0 unspecified atom stereocenters. The summed E-state index contributed by atoms with van der Waals surface area (Å²) in [5.74, 6) is 0.818. The minimum absolute atomic E-state index is 0.409. The highest BCUT2D eigenvalue weighted by atomic mass is 16.3. The highest BCUT2D eigenvalue weighted by molar-refractivity contribution is 5.51. The first-order valence-corrected chi connectivity index (χ1v) is 9.84. The molecule has 28 heavy (non-hydrogen) atoms. The van der Waals surface area contributed by atoms with Crippen LogP contribution in [-0.4, -0.2) is 10.2 Å². The number of aromatic hydroxyl groups is 2. The Morgan fingerprint density at radius 1 is 0.536 bits per heavy atom. The van der Waals surface area contributed by atoms with Crippen LogP contribution < -0.4 is 0 Å². The van der Waals surface area contributed by atoms with Crippen LogP contribution in [0.25, 0.3) is 0 Å². The third-order valence-corrected chi connectivity index (χ3v) is 6.14. The highest BCUT2D eigenvalue weighted by Gasteiger charge is 2.11. The summed E-state index contributed by atoms with van der Waals surface area (Å²) in [5.41, 5.74) is 11.2. The lowest BCUT2D eigenvalue weighted by atomic mass is 9.92. The molecule has 0 saturated carbocycles. The molecule has 0 aliphatic carbocycles. The second-order valence-electron chi connectivity index (χ2n) is 8.07. The summed E-state index contributed by atoms with van der Waals surface area (Å²) in [4.78, 5) is 0. The van der Waals surface area contributed by atoms with E-state index in [9.17, 15) is 10.2 Å². The quantitative estimate of drug-likeness (QED) is 0.577. The zero-order valence-corrected chi connectivity index (χ0v) is 17.8. The van der Waals surface area contributed by atoms with E-state index in [2.05, 4.69) is 50.2 Å². The van der Waals surface area contributed by atoms with E-state index in [0.717, 1.165) is 46.2 Å². The van der Waals surface area contributed by atoms with Crippen molar-refractivity contribution in [2.24, 2.45) is 0 Å². The van der Waals surface area contributed by atoms with Crippen LogP contribution in [-0.2, 0) is 12.8 Å². The van der Waals surface area contributed by atoms with Gasteiger partial charge in [0.05, 0.1) is 0 Å². The first kappa shape index (κ1) is 20.0. The van der Waals surface area contributed by atoms with Crippen LogP contribution >= 0.6 is 0 Å². The van der Waals surface area contributed by atoms with Crippen molar-refractivity contribution >= 4 is 0 Å². The van der Waals surface area contributed by atoms with Crippen molar-refractivity contribution in [3.05, 3.63) is 92.0 Å². The molecule has 3 aromatic rings. The number of rotatable bonds is 4. The molecule has 0 aliphatic heterocycles. The SMILES string of the molecule is Cc1cc(Cc2ccc(Cc3cc(C)c(O)c(C)c3C)cc2)c(C)c(C)c1O. The Labute approximate surface area is 168 Å². The summed E-state index contributed by atoms with van der Waals surface area (Å²) in [6.45, 7) is 12.0. The van der Waals surface area contributed by atoms with Crippen molar-refractivity contribution in [1.29, 1.82) is 0 Å². The van der Waals surface area contributed by atoms with Gasteiger partial charge in [0.25, 0.3) is 0 Å². The normalized spacial score (nSPS) is 11.1. The smallest absolute Gasteiger partial charge is 0.121 e. The Morgan fingerprint density at radius 2 is 0.857 bits per heavy atom. The summed E-state index contributed by atoms with van der Waals surface area (Å²) in [6, 6.07) is 13.0. The second-order valence-corrected chi connectivity index (χ2v) is 8.07. The monoisotopic (exact) mass is 374 g/mol. The fourth-order valence-corrected chi connectivity index (χ4v) is 3.89. The Balaban J connectivity index is 1.82. The predicted molar refractivity (Wildman–Crippen MR) is 117 cm³/mol. The van der Waals surface area contributed by atoms with E-state index in [1.807, 2.05) is 27.7 Å². The molecular formula is C26H30O2. The van der Waals surface area contributed by atoms with E-state index in [4.69, 9.17) is 0 Å². The van der Waals surface area contributed by atoms with Crippen molar-refractivity contribution in [1.82, 2.24) is 0 Å². The van der Waals surface area contributed by atoms with Gasteiger partial charge >= 0.3 is 0 Å². The Morgan fingerprint density at radius 3 is 1.18 bits per heavy atom. The molecule has 0 aliphatic rings. The number of phenolic OH excluding ortho intramolecular Hbond substituents is 2. The largest absolute Gasteiger partial charge is 0.507 e. The van der Waals surface area contributed by atoms with Gasteiger partial charge in [-0.1, -0.05) is 36.4 Å². The molecule has 0 atom stereocenters. The molecule has 2 nitrogen and oxygen atoms in total. The van der Waals surface area contributed by atoms with Gasteiger partial charge in [0.1, 0.15) is 11.5 Å². The van der Waals surface area contributed by atoms with E-state index in [1.165, 1.54) is 22.3 Å². The number of benzene rings is 3. The molecule has 0 bridgehead atoms. The van der Waals surface area contributed by atoms with Crippen LogP contribution in [0.4, 0.5) is 0 Å². The Hall–Kier alpha value is -2.74. The lowest BCUT2D eigenvalue weighted by molar-refractivity contribution is 0.465. The fourth-order valence-electron chi connectivity index (χ4n) is 3.89. The number of aryl methyl sites for hydroxylation is 2. The summed E-state index contributed by atoms with van der Waals surface area (Å²) < 4.78 is 0. The van der Waals surface area contributed by atoms with E-state index < -0.39 is 0 Å². The third-order valence-electron chi connectivity index (χ3n) is 6.14. The van der Waals surface area contributed by atoms with Crippen LogP contribution in [0.5, 0.6) is 11.5 Å². The van der Waals surface area contributed by atoms with Crippen molar-refractivity contribution < 1.29 is 10.2 Å². The average molecular weight is 375 g/mol. The van der Waals surface area contributed by atoms with Crippen LogP contribution in [0.3, 0.4) is 0 Å². The predicted octanol–water partition coefficient (Wildman–Crippen LogP) is 6.13. The van der Waals surface area contributed by atoms with E-state index >= 15 is 0 Å². The minimum Gasteiger partial charge on any atom is -0.507 e. The zero-order chi connectivity index (χ0) is 20.6. The van der Waals surface area contributed by atoms with Gasteiger partial charge < -0.3 is 10.2 Å². The van der Waals surface area contributed by atoms with Gasteiger partial charge in [0, 0.05) is 0 Å². The molecule has 3 aromatic carbocycles.